The minimum Gasteiger partial charge on any atom is -0.431 e. The number of rotatable bonds is 11. The highest BCUT2D eigenvalue weighted by Gasteiger charge is 2.38. The Morgan fingerprint density at radius 1 is 0.615 bits per heavy atom. The first-order chi connectivity index (χ1) is 12.0. The van der Waals surface area contributed by atoms with E-state index in [1.54, 1.807) is 0 Å². The molecule has 0 amide bonds. The van der Waals surface area contributed by atoms with Crippen molar-refractivity contribution in [1.82, 2.24) is 0 Å². The maximum atomic E-state index is 11.4. The van der Waals surface area contributed by atoms with E-state index in [9.17, 15) is 40.2 Å². The molecule has 0 spiro atoms. The monoisotopic (exact) mass is 390 g/mol. The molecule has 0 fully saturated rings. The highest BCUT2D eigenvalue weighted by Crippen LogP contribution is 2.09. The molecule has 0 heterocycles. The van der Waals surface area contributed by atoms with E-state index in [0.29, 0.717) is 0 Å². The summed E-state index contributed by atoms with van der Waals surface area (Å²) in [5.41, 5.74) is 0. The Bertz CT molecular complexity index is 404. The molecular formula is C12H22O14. The molecule has 154 valence electrons. The molecule has 0 radical (unpaired) electrons. The third-order valence-electron chi connectivity index (χ3n) is 3.00. The van der Waals surface area contributed by atoms with Crippen LogP contribution in [0.1, 0.15) is 0 Å². The van der Waals surface area contributed by atoms with Crippen molar-refractivity contribution in [2.75, 3.05) is 13.2 Å². The smallest absolute Gasteiger partial charge is 0.340 e. The van der Waals surface area contributed by atoms with Gasteiger partial charge in [-0.15, -0.1) is 0 Å². The van der Waals surface area contributed by atoms with Gasteiger partial charge in [-0.1, -0.05) is 0 Å². The zero-order chi connectivity index (χ0) is 20.6. The van der Waals surface area contributed by atoms with E-state index in [4.69, 9.17) is 20.4 Å². The van der Waals surface area contributed by atoms with Crippen LogP contribution < -0.4 is 0 Å². The van der Waals surface area contributed by atoms with Crippen LogP contribution in [0.3, 0.4) is 0 Å². The lowest BCUT2D eigenvalue weighted by Crippen LogP contribution is -2.49. The molecule has 14 nitrogen and oxygen atoms in total. The summed E-state index contributed by atoms with van der Waals surface area (Å²) in [7, 11) is 0. The second-order valence-electron chi connectivity index (χ2n) is 5.03. The van der Waals surface area contributed by atoms with Gasteiger partial charge in [-0.25, -0.2) is 9.59 Å². The summed E-state index contributed by atoms with van der Waals surface area (Å²) < 4.78 is 8.14. The molecule has 10 N–H and O–H groups in total. The minimum absolute atomic E-state index is 1.01. The molecule has 0 aliphatic heterocycles. The predicted octanol–water partition coefficient (Wildman–Crippen LogP) is -7.14. The Morgan fingerprint density at radius 2 is 0.885 bits per heavy atom. The number of hydrogen-bond donors (Lipinski definition) is 10. The molecule has 4 unspecified atom stereocenters. The Kier molecular flexibility index (Phi) is 10.7. The Balaban J connectivity index is 4.70. The van der Waals surface area contributed by atoms with Crippen LogP contribution in [0.2, 0.25) is 0 Å². The second kappa shape index (κ2) is 11.3. The van der Waals surface area contributed by atoms with E-state index in [1.165, 1.54) is 0 Å². The SMILES string of the molecule is O=C(OC(O)[C@@H](O)[C@@H](O)CO)C(O)C(O)C(=O)OC(O)[C@@H](O)[C@@H](O)CO. The maximum Gasteiger partial charge on any atom is 0.340 e. The van der Waals surface area contributed by atoms with Crippen LogP contribution in [0.5, 0.6) is 0 Å². The fraction of sp³-hybridized carbons (Fsp3) is 0.833. The standard InChI is InChI=1S/C12H22O14/c13-1-3(15)5(17)9(21)25-11(23)7(19)8(20)12(24)26-10(22)6(18)4(16)2-14/h3-10,13-22H,1-2H2/t3-,4-,5-,6-,7?,8?,9?,10?/m0/s1. The second-order valence-corrected chi connectivity index (χ2v) is 5.03. The quantitative estimate of drug-likeness (QED) is 0.116. The number of hydrogen-bond acceptors (Lipinski definition) is 14. The molecule has 0 saturated carbocycles. The van der Waals surface area contributed by atoms with E-state index in [1.807, 2.05) is 0 Å². The number of aliphatic hydroxyl groups excluding tert-OH is 10. The predicted molar refractivity (Wildman–Crippen MR) is 74.4 cm³/mol. The largest absolute Gasteiger partial charge is 0.431 e. The van der Waals surface area contributed by atoms with Gasteiger partial charge in [0.2, 0.25) is 12.6 Å². The minimum atomic E-state index is -2.68. The van der Waals surface area contributed by atoms with Gasteiger partial charge in [0.25, 0.3) is 0 Å². The molecule has 14 heteroatoms. The van der Waals surface area contributed by atoms with Gasteiger partial charge in [-0.3, -0.25) is 0 Å². The van der Waals surface area contributed by atoms with Gasteiger partial charge in [0.15, 0.2) is 12.2 Å². The molecule has 0 aromatic carbocycles. The number of aliphatic hydroxyl groups is 10. The third kappa shape index (κ3) is 7.04. The van der Waals surface area contributed by atoms with Gasteiger partial charge in [0.05, 0.1) is 13.2 Å². The van der Waals surface area contributed by atoms with E-state index < -0.39 is 74.4 Å². The molecule has 0 aromatic heterocycles. The highest BCUT2D eigenvalue weighted by molar-refractivity contribution is 5.85. The Morgan fingerprint density at radius 3 is 1.12 bits per heavy atom. The topological polar surface area (TPSA) is 255 Å². The third-order valence-corrected chi connectivity index (χ3v) is 3.00. The first-order valence-electron chi connectivity index (χ1n) is 7.05. The molecule has 0 saturated heterocycles. The lowest BCUT2D eigenvalue weighted by atomic mass is 10.2. The van der Waals surface area contributed by atoms with Crippen LogP contribution in [0, 0.1) is 0 Å². The number of carbonyl (C=O) groups is 2. The van der Waals surface area contributed by atoms with Crippen LogP contribution in [0.15, 0.2) is 0 Å². The fourth-order valence-electron chi connectivity index (χ4n) is 1.37. The summed E-state index contributed by atoms with van der Waals surface area (Å²) in [5, 5.41) is 91.1. The normalized spacial score (nSPS) is 20.8. The fourth-order valence-corrected chi connectivity index (χ4v) is 1.37. The zero-order valence-corrected chi connectivity index (χ0v) is 13.1. The van der Waals surface area contributed by atoms with E-state index in [2.05, 4.69) is 9.47 Å². The molecule has 0 bridgehead atoms. The van der Waals surface area contributed by atoms with Crippen molar-refractivity contribution in [3.8, 4) is 0 Å². The van der Waals surface area contributed by atoms with Crippen molar-refractivity contribution >= 4 is 11.9 Å². The number of carbonyl (C=O) groups excluding carboxylic acids is 2. The van der Waals surface area contributed by atoms with Crippen molar-refractivity contribution in [2.45, 2.75) is 49.2 Å². The average molecular weight is 390 g/mol. The van der Waals surface area contributed by atoms with E-state index >= 15 is 0 Å². The van der Waals surface area contributed by atoms with Crippen molar-refractivity contribution < 1.29 is 70.1 Å². The van der Waals surface area contributed by atoms with Gasteiger partial charge >= 0.3 is 11.9 Å². The summed E-state index contributed by atoms with van der Waals surface area (Å²) in [4.78, 5) is 22.9. The van der Waals surface area contributed by atoms with Crippen molar-refractivity contribution in [2.24, 2.45) is 0 Å². The maximum absolute atomic E-state index is 11.4. The van der Waals surface area contributed by atoms with Gasteiger partial charge in [0.1, 0.15) is 24.4 Å². The van der Waals surface area contributed by atoms with Gasteiger partial charge in [-0.05, 0) is 0 Å². The Hall–Kier alpha value is -1.46. The molecule has 0 rings (SSSR count). The van der Waals surface area contributed by atoms with Crippen molar-refractivity contribution in [3.05, 3.63) is 0 Å². The van der Waals surface area contributed by atoms with Gasteiger partial charge in [0, 0.05) is 0 Å². The van der Waals surface area contributed by atoms with E-state index in [0.717, 1.165) is 0 Å². The van der Waals surface area contributed by atoms with Crippen LogP contribution >= 0.6 is 0 Å². The lowest BCUT2D eigenvalue weighted by molar-refractivity contribution is -0.222. The highest BCUT2D eigenvalue weighted by atomic mass is 16.7. The number of esters is 2. The first-order valence-corrected chi connectivity index (χ1v) is 7.05. The molecule has 0 aliphatic rings. The van der Waals surface area contributed by atoms with Gasteiger partial charge in [-0.2, -0.15) is 0 Å². The molecule has 8 atom stereocenters. The summed E-state index contributed by atoms with van der Waals surface area (Å²) >= 11 is 0. The molecular weight excluding hydrogens is 368 g/mol. The van der Waals surface area contributed by atoms with Gasteiger partial charge < -0.3 is 60.5 Å². The molecule has 26 heavy (non-hydrogen) atoms. The summed E-state index contributed by atoms with van der Waals surface area (Å²) in [6.07, 6.45) is -18.4. The first kappa shape index (κ1) is 24.5. The van der Waals surface area contributed by atoms with Crippen molar-refractivity contribution in [3.63, 3.8) is 0 Å². The van der Waals surface area contributed by atoms with Crippen LogP contribution in [-0.2, 0) is 19.1 Å². The number of ether oxygens (including phenoxy) is 2. The van der Waals surface area contributed by atoms with Crippen LogP contribution in [0.4, 0.5) is 0 Å². The lowest BCUT2D eigenvalue weighted by Gasteiger charge is -2.25. The van der Waals surface area contributed by atoms with E-state index in [-0.39, 0.29) is 0 Å². The summed E-state index contributed by atoms with van der Waals surface area (Å²) in [6, 6.07) is 0. The summed E-state index contributed by atoms with van der Waals surface area (Å²) in [6.45, 7) is -2.01. The molecule has 0 aliphatic carbocycles. The summed E-state index contributed by atoms with van der Waals surface area (Å²) in [5.74, 6) is -3.70. The Labute approximate surface area is 145 Å². The van der Waals surface area contributed by atoms with Crippen molar-refractivity contribution in [1.29, 1.82) is 0 Å². The average Bonchev–Trinajstić information content (AvgIpc) is 2.63. The van der Waals surface area contributed by atoms with Crippen LogP contribution in [0.25, 0.3) is 0 Å². The molecule has 0 aromatic rings. The van der Waals surface area contributed by atoms with Crippen LogP contribution in [-0.4, -0.2) is 125 Å². The zero-order valence-electron chi connectivity index (χ0n) is 13.1.